The number of nitrogens with one attached hydrogen (secondary N) is 2. The van der Waals surface area contributed by atoms with E-state index in [1.807, 2.05) is 0 Å². The number of amides is 2. The third-order valence-corrected chi connectivity index (χ3v) is 4.59. The first-order valence-electron chi connectivity index (χ1n) is 8.65. The molecule has 1 aliphatic carbocycles. The normalized spacial score (nSPS) is 19.6. The Morgan fingerprint density at radius 1 is 1.15 bits per heavy atom. The van der Waals surface area contributed by atoms with Gasteiger partial charge in [0.2, 0.25) is 5.88 Å². The lowest BCUT2D eigenvalue weighted by Crippen LogP contribution is -2.44. The average Bonchev–Trinajstić information content (AvgIpc) is 2.65. The Labute approximate surface area is 156 Å². The van der Waals surface area contributed by atoms with Crippen molar-refractivity contribution < 1.29 is 13.9 Å². The van der Waals surface area contributed by atoms with Crippen molar-refractivity contribution in [1.82, 2.24) is 15.6 Å². The van der Waals surface area contributed by atoms with E-state index in [9.17, 15) is 9.18 Å². The van der Waals surface area contributed by atoms with Crippen LogP contribution in [0.4, 0.5) is 9.18 Å². The molecule has 2 amide bonds. The number of rotatable bonds is 5. The first-order valence-corrected chi connectivity index (χ1v) is 9.03. The van der Waals surface area contributed by atoms with Gasteiger partial charge in [-0.25, -0.2) is 14.2 Å². The van der Waals surface area contributed by atoms with Gasteiger partial charge in [-0.15, -0.1) is 0 Å². The topological polar surface area (TPSA) is 63.2 Å². The average molecular weight is 378 g/mol. The van der Waals surface area contributed by atoms with E-state index in [0.29, 0.717) is 17.4 Å². The Kier molecular flexibility index (Phi) is 6.28. The molecule has 0 saturated heterocycles. The minimum atomic E-state index is -0.286. The molecule has 0 aliphatic heterocycles. The second-order valence-corrected chi connectivity index (χ2v) is 6.80. The van der Waals surface area contributed by atoms with Crippen molar-refractivity contribution in [2.75, 3.05) is 0 Å². The van der Waals surface area contributed by atoms with Gasteiger partial charge in [0.05, 0.1) is 5.02 Å². The van der Waals surface area contributed by atoms with Crippen LogP contribution in [0.3, 0.4) is 0 Å². The van der Waals surface area contributed by atoms with Crippen LogP contribution in [0.15, 0.2) is 42.6 Å². The maximum atomic E-state index is 12.9. The quantitative estimate of drug-likeness (QED) is 0.825. The molecule has 5 nitrogen and oxygen atoms in total. The first-order chi connectivity index (χ1) is 12.6. The van der Waals surface area contributed by atoms with E-state index in [4.69, 9.17) is 16.3 Å². The highest BCUT2D eigenvalue weighted by molar-refractivity contribution is 6.30. The first kappa shape index (κ1) is 18.5. The van der Waals surface area contributed by atoms with Crippen molar-refractivity contribution in [3.63, 3.8) is 0 Å². The molecule has 2 N–H and O–H groups in total. The van der Waals surface area contributed by atoms with Crippen LogP contribution in [-0.2, 0) is 6.54 Å². The van der Waals surface area contributed by atoms with Crippen molar-refractivity contribution in [2.45, 2.75) is 44.4 Å². The summed E-state index contributed by atoms with van der Waals surface area (Å²) in [6.07, 6.45) is 5.07. The van der Waals surface area contributed by atoms with E-state index in [1.165, 1.54) is 12.1 Å². The number of hydrogen-bond donors (Lipinski definition) is 2. The fraction of sp³-hybridized carbons (Fsp3) is 0.368. The van der Waals surface area contributed by atoms with Gasteiger partial charge in [0.25, 0.3) is 0 Å². The number of urea groups is 1. The minimum Gasteiger partial charge on any atom is -0.474 e. The van der Waals surface area contributed by atoms with Gasteiger partial charge < -0.3 is 15.4 Å². The number of aromatic nitrogens is 1. The third-order valence-electron chi connectivity index (χ3n) is 4.36. The Morgan fingerprint density at radius 3 is 2.54 bits per heavy atom. The van der Waals surface area contributed by atoms with Crippen LogP contribution in [0.5, 0.6) is 5.88 Å². The Balaban J connectivity index is 1.37. The van der Waals surface area contributed by atoms with Crippen LogP contribution in [0.25, 0.3) is 0 Å². The third kappa shape index (κ3) is 5.59. The van der Waals surface area contributed by atoms with Crippen LogP contribution in [-0.4, -0.2) is 23.2 Å². The number of carbonyl (C=O) groups is 1. The largest absolute Gasteiger partial charge is 0.474 e. The predicted octanol–water partition coefficient (Wildman–Crippen LogP) is 4.06. The van der Waals surface area contributed by atoms with Gasteiger partial charge in [-0.05, 0) is 49.4 Å². The van der Waals surface area contributed by atoms with Crippen LogP contribution in [0.1, 0.15) is 31.2 Å². The molecule has 3 rings (SSSR count). The molecular weight excluding hydrogens is 357 g/mol. The van der Waals surface area contributed by atoms with E-state index in [2.05, 4.69) is 15.6 Å². The molecule has 26 heavy (non-hydrogen) atoms. The second-order valence-electron chi connectivity index (χ2n) is 6.36. The molecule has 2 aromatic rings. The predicted molar refractivity (Wildman–Crippen MR) is 97.7 cm³/mol. The minimum absolute atomic E-state index is 0.101. The van der Waals surface area contributed by atoms with Gasteiger partial charge >= 0.3 is 6.03 Å². The maximum absolute atomic E-state index is 12.9. The summed E-state index contributed by atoms with van der Waals surface area (Å²) in [4.78, 5) is 16.1. The van der Waals surface area contributed by atoms with Gasteiger partial charge in [0, 0.05) is 24.8 Å². The van der Waals surface area contributed by atoms with E-state index in [-0.39, 0.29) is 24.0 Å². The molecule has 1 aromatic carbocycles. The summed E-state index contributed by atoms with van der Waals surface area (Å²) >= 11 is 5.81. The molecule has 0 radical (unpaired) electrons. The van der Waals surface area contributed by atoms with Crippen molar-refractivity contribution in [1.29, 1.82) is 0 Å². The van der Waals surface area contributed by atoms with Crippen LogP contribution in [0.2, 0.25) is 5.02 Å². The lowest BCUT2D eigenvalue weighted by molar-refractivity contribution is 0.135. The van der Waals surface area contributed by atoms with Crippen molar-refractivity contribution in [2.24, 2.45) is 0 Å². The van der Waals surface area contributed by atoms with Crippen LogP contribution < -0.4 is 15.4 Å². The standard InChI is InChI=1S/C19H21ClFN3O2/c20-14-3-10-18(22-12-14)26-17-8-6-16(7-9-17)24-19(25)23-11-13-1-4-15(21)5-2-13/h1-5,10,12,16-17H,6-9,11H2,(H2,23,24,25). The number of pyridine rings is 1. The van der Waals surface area contributed by atoms with Gasteiger partial charge in [-0.2, -0.15) is 0 Å². The smallest absolute Gasteiger partial charge is 0.315 e. The monoisotopic (exact) mass is 377 g/mol. The summed E-state index contributed by atoms with van der Waals surface area (Å²) in [5, 5.41) is 6.36. The Morgan fingerprint density at radius 2 is 1.88 bits per heavy atom. The molecule has 1 aromatic heterocycles. The molecule has 0 atom stereocenters. The van der Waals surface area contributed by atoms with E-state index in [0.717, 1.165) is 31.2 Å². The van der Waals surface area contributed by atoms with Gasteiger partial charge in [0.15, 0.2) is 0 Å². The van der Waals surface area contributed by atoms with Crippen molar-refractivity contribution in [3.8, 4) is 5.88 Å². The molecule has 0 spiro atoms. The summed E-state index contributed by atoms with van der Waals surface area (Å²) in [5.74, 6) is 0.286. The number of benzene rings is 1. The van der Waals surface area contributed by atoms with Gasteiger partial charge in [-0.3, -0.25) is 0 Å². The molecule has 1 saturated carbocycles. The van der Waals surface area contributed by atoms with Crippen LogP contribution >= 0.6 is 11.6 Å². The SMILES string of the molecule is O=C(NCc1ccc(F)cc1)NC1CCC(Oc2ccc(Cl)cn2)CC1. The molecule has 1 heterocycles. The lowest BCUT2D eigenvalue weighted by atomic mass is 9.93. The number of carbonyl (C=O) groups excluding carboxylic acids is 1. The van der Waals surface area contributed by atoms with E-state index in [1.54, 1.807) is 30.5 Å². The summed E-state index contributed by atoms with van der Waals surface area (Å²) in [5.41, 5.74) is 0.856. The zero-order valence-corrected chi connectivity index (χ0v) is 15.0. The highest BCUT2D eigenvalue weighted by Crippen LogP contribution is 2.23. The van der Waals surface area contributed by atoms with Crippen LogP contribution in [0, 0.1) is 5.82 Å². The number of ether oxygens (including phenoxy) is 1. The molecule has 138 valence electrons. The lowest BCUT2D eigenvalue weighted by Gasteiger charge is -2.29. The van der Waals surface area contributed by atoms with E-state index < -0.39 is 0 Å². The summed E-state index contributed by atoms with van der Waals surface area (Å²) < 4.78 is 18.7. The summed E-state index contributed by atoms with van der Waals surface area (Å²) in [6.45, 7) is 0.368. The second kappa shape index (κ2) is 8.85. The van der Waals surface area contributed by atoms with Gasteiger partial charge in [-0.1, -0.05) is 23.7 Å². The molecule has 0 bridgehead atoms. The number of nitrogens with zero attached hydrogens (tertiary/aromatic N) is 1. The fourth-order valence-corrected chi connectivity index (χ4v) is 3.06. The van der Waals surface area contributed by atoms with Crippen molar-refractivity contribution >= 4 is 17.6 Å². The van der Waals surface area contributed by atoms with Gasteiger partial charge in [0.1, 0.15) is 11.9 Å². The fourth-order valence-electron chi connectivity index (χ4n) is 2.95. The van der Waals surface area contributed by atoms with E-state index >= 15 is 0 Å². The molecule has 1 aliphatic rings. The summed E-state index contributed by atoms with van der Waals surface area (Å²) in [7, 11) is 0. The Bertz CT molecular complexity index is 717. The highest BCUT2D eigenvalue weighted by Gasteiger charge is 2.23. The zero-order valence-electron chi connectivity index (χ0n) is 14.3. The number of halogens is 2. The molecule has 0 unspecified atom stereocenters. The highest BCUT2D eigenvalue weighted by atomic mass is 35.5. The molecular formula is C19H21ClFN3O2. The summed E-state index contributed by atoms with van der Waals surface area (Å²) in [6, 6.07) is 9.50. The zero-order chi connectivity index (χ0) is 18.4. The van der Waals surface area contributed by atoms with Crippen molar-refractivity contribution in [3.05, 3.63) is 59.0 Å². The number of hydrogen-bond acceptors (Lipinski definition) is 3. The molecule has 7 heteroatoms. The molecule has 1 fully saturated rings. The maximum Gasteiger partial charge on any atom is 0.315 e. The Hall–Kier alpha value is -2.34.